The Morgan fingerprint density at radius 2 is 1.76 bits per heavy atom. The van der Waals surface area contributed by atoms with Gasteiger partial charge in [0, 0.05) is 33.4 Å². The van der Waals surface area contributed by atoms with E-state index < -0.39 is 0 Å². The fourth-order valence-electron chi connectivity index (χ4n) is 3.52. The molecule has 0 amide bonds. The zero-order valence-electron chi connectivity index (χ0n) is 13.7. The molecule has 0 aromatic rings. The number of aliphatic imine (C=N–C) groups is 1. The van der Waals surface area contributed by atoms with Crippen molar-refractivity contribution in [3.8, 4) is 0 Å². The predicted molar refractivity (Wildman–Crippen MR) is 89.0 cm³/mol. The molecule has 21 heavy (non-hydrogen) atoms. The summed E-state index contributed by atoms with van der Waals surface area (Å²) in [5.41, 5.74) is 0. The average Bonchev–Trinajstić information content (AvgIpc) is 2.53. The summed E-state index contributed by atoms with van der Waals surface area (Å²) in [5.74, 6) is 1.80. The van der Waals surface area contributed by atoms with Crippen molar-refractivity contribution in [3.05, 3.63) is 0 Å². The number of piperidine rings is 2. The third-order valence-electron chi connectivity index (χ3n) is 4.96. The van der Waals surface area contributed by atoms with Gasteiger partial charge in [-0.1, -0.05) is 0 Å². The molecule has 122 valence electrons. The van der Waals surface area contributed by atoms with Gasteiger partial charge in [0.15, 0.2) is 0 Å². The number of ether oxygens (including phenoxy) is 1. The van der Waals surface area contributed by atoms with E-state index in [0.717, 1.165) is 25.0 Å². The van der Waals surface area contributed by atoms with Crippen LogP contribution in [0.4, 0.5) is 0 Å². The number of rotatable bonds is 8. The quantitative estimate of drug-likeness (QED) is 0.425. The van der Waals surface area contributed by atoms with Gasteiger partial charge in [-0.05, 0) is 69.9 Å². The van der Waals surface area contributed by atoms with Gasteiger partial charge in [-0.25, -0.2) is 0 Å². The van der Waals surface area contributed by atoms with E-state index in [1.165, 1.54) is 71.1 Å². The van der Waals surface area contributed by atoms with Gasteiger partial charge < -0.3 is 15.0 Å². The first-order chi connectivity index (χ1) is 10.4. The largest absolute Gasteiger partial charge is 0.381 e. The Hall–Kier alpha value is -0.610. The van der Waals surface area contributed by atoms with E-state index in [4.69, 9.17) is 4.74 Å². The van der Waals surface area contributed by atoms with E-state index in [9.17, 15) is 0 Å². The van der Waals surface area contributed by atoms with E-state index in [1.807, 2.05) is 13.4 Å². The van der Waals surface area contributed by atoms with Crippen LogP contribution in [0.3, 0.4) is 0 Å². The van der Waals surface area contributed by atoms with E-state index in [-0.39, 0.29) is 0 Å². The highest BCUT2D eigenvalue weighted by Gasteiger charge is 2.17. The molecule has 4 heteroatoms. The molecule has 0 unspecified atom stereocenters. The first kappa shape index (κ1) is 16.8. The molecule has 2 heterocycles. The van der Waals surface area contributed by atoms with Crippen LogP contribution >= 0.6 is 0 Å². The third kappa shape index (κ3) is 6.79. The normalized spacial score (nSPS) is 22.2. The summed E-state index contributed by atoms with van der Waals surface area (Å²) in [6.07, 6.45) is 11.1. The first-order valence-corrected chi connectivity index (χ1v) is 8.83. The summed E-state index contributed by atoms with van der Waals surface area (Å²) in [5, 5.41) is 3.42. The summed E-state index contributed by atoms with van der Waals surface area (Å²) in [6, 6.07) is 0. The molecule has 0 radical (unpaired) electrons. The molecule has 0 aromatic heterocycles. The standard InChI is InChI=1S/C17H33N3O/c1-18-15-20-11-6-16(7-12-20)3-2-13-21-14-8-17-4-9-19-10-5-17/h15-17,19H,2-14H2,1H3. The summed E-state index contributed by atoms with van der Waals surface area (Å²) in [4.78, 5) is 6.44. The molecule has 0 saturated carbocycles. The fraction of sp³-hybridized carbons (Fsp3) is 0.941. The lowest BCUT2D eigenvalue weighted by molar-refractivity contribution is 0.106. The molecule has 4 nitrogen and oxygen atoms in total. The minimum absolute atomic E-state index is 0.899. The Kier molecular flexibility index (Phi) is 8.12. The maximum absolute atomic E-state index is 5.84. The summed E-state index contributed by atoms with van der Waals surface area (Å²) >= 11 is 0. The van der Waals surface area contributed by atoms with Crippen molar-refractivity contribution in [1.29, 1.82) is 0 Å². The van der Waals surface area contributed by atoms with E-state index in [0.29, 0.717) is 0 Å². The van der Waals surface area contributed by atoms with Gasteiger partial charge in [0.2, 0.25) is 0 Å². The van der Waals surface area contributed by atoms with Gasteiger partial charge in [0.25, 0.3) is 0 Å². The van der Waals surface area contributed by atoms with Crippen molar-refractivity contribution in [1.82, 2.24) is 10.2 Å². The van der Waals surface area contributed by atoms with Crippen molar-refractivity contribution in [2.24, 2.45) is 16.8 Å². The van der Waals surface area contributed by atoms with Crippen LogP contribution in [0.1, 0.15) is 44.9 Å². The molecule has 0 aromatic carbocycles. The summed E-state index contributed by atoms with van der Waals surface area (Å²) < 4.78 is 5.84. The van der Waals surface area contributed by atoms with Crippen LogP contribution in [0.15, 0.2) is 4.99 Å². The lowest BCUT2D eigenvalue weighted by atomic mass is 9.92. The van der Waals surface area contributed by atoms with Crippen molar-refractivity contribution in [2.75, 3.05) is 46.4 Å². The number of likely N-dealkylation sites (tertiary alicyclic amines) is 1. The van der Waals surface area contributed by atoms with Crippen molar-refractivity contribution < 1.29 is 4.74 Å². The van der Waals surface area contributed by atoms with Crippen LogP contribution in [-0.2, 0) is 4.74 Å². The highest BCUT2D eigenvalue weighted by Crippen LogP contribution is 2.21. The Morgan fingerprint density at radius 1 is 1.05 bits per heavy atom. The zero-order chi connectivity index (χ0) is 14.8. The maximum Gasteiger partial charge on any atom is 0.0846 e. The SMILES string of the molecule is CN=CN1CCC(CCCOCCC2CCNCC2)CC1. The third-order valence-corrected chi connectivity index (χ3v) is 4.96. The van der Waals surface area contributed by atoms with Gasteiger partial charge in [-0.3, -0.25) is 4.99 Å². The molecule has 2 fully saturated rings. The Balaban J connectivity index is 1.41. The van der Waals surface area contributed by atoms with Gasteiger partial charge in [0.05, 0.1) is 6.34 Å². The van der Waals surface area contributed by atoms with Crippen LogP contribution < -0.4 is 5.32 Å². The van der Waals surface area contributed by atoms with Gasteiger partial charge in [0.1, 0.15) is 0 Å². The molecular weight excluding hydrogens is 262 g/mol. The zero-order valence-corrected chi connectivity index (χ0v) is 13.7. The van der Waals surface area contributed by atoms with Gasteiger partial charge >= 0.3 is 0 Å². The van der Waals surface area contributed by atoms with Gasteiger partial charge in [-0.15, -0.1) is 0 Å². The molecule has 0 spiro atoms. The van der Waals surface area contributed by atoms with Crippen LogP contribution in [0.25, 0.3) is 0 Å². The summed E-state index contributed by atoms with van der Waals surface area (Å²) in [6.45, 7) is 6.69. The van der Waals surface area contributed by atoms with Crippen molar-refractivity contribution >= 4 is 6.34 Å². The van der Waals surface area contributed by atoms with Gasteiger partial charge in [-0.2, -0.15) is 0 Å². The maximum atomic E-state index is 5.84. The van der Waals surface area contributed by atoms with E-state index in [1.54, 1.807) is 0 Å². The molecule has 2 saturated heterocycles. The Bertz CT molecular complexity index is 282. The number of hydrogen-bond donors (Lipinski definition) is 1. The second kappa shape index (κ2) is 10.2. The molecule has 2 aliphatic rings. The lowest BCUT2D eigenvalue weighted by Crippen LogP contribution is -2.32. The number of nitrogens with one attached hydrogen (secondary N) is 1. The Labute approximate surface area is 130 Å². The topological polar surface area (TPSA) is 36.9 Å². The monoisotopic (exact) mass is 295 g/mol. The van der Waals surface area contributed by atoms with Crippen LogP contribution in [0.2, 0.25) is 0 Å². The van der Waals surface area contributed by atoms with Crippen LogP contribution in [-0.4, -0.2) is 57.7 Å². The molecule has 2 aliphatic heterocycles. The number of hydrogen-bond acceptors (Lipinski definition) is 3. The molecule has 1 N–H and O–H groups in total. The van der Waals surface area contributed by atoms with Crippen LogP contribution in [0, 0.1) is 11.8 Å². The van der Waals surface area contributed by atoms with E-state index >= 15 is 0 Å². The second-order valence-corrected chi connectivity index (χ2v) is 6.59. The lowest BCUT2D eigenvalue weighted by Gasteiger charge is -2.30. The molecular formula is C17H33N3O. The van der Waals surface area contributed by atoms with Crippen molar-refractivity contribution in [3.63, 3.8) is 0 Å². The van der Waals surface area contributed by atoms with Crippen LogP contribution in [0.5, 0.6) is 0 Å². The molecule has 0 atom stereocenters. The highest BCUT2D eigenvalue weighted by molar-refractivity contribution is 5.54. The Morgan fingerprint density at radius 3 is 2.48 bits per heavy atom. The molecule has 0 bridgehead atoms. The fourth-order valence-corrected chi connectivity index (χ4v) is 3.52. The van der Waals surface area contributed by atoms with Crippen molar-refractivity contribution in [2.45, 2.75) is 44.9 Å². The number of nitrogens with zero attached hydrogens (tertiary/aromatic N) is 2. The highest BCUT2D eigenvalue weighted by atomic mass is 16.5. The smallest absolute Gasteiger partial charge is 0.0846 e. The first-order valence-electron chi connectivity index (χ1n) is 8.83. The predicted octanol–water partition coefficient (Wildman–Crippen LogP) is 2.54. The summed E-state index contributed by atoms with van der Waals surface area (Å²) in [7, 11) is 1.85. The minimum Gasteiger partial charge on any atom is -0.381 e. The molecule has 2 rings (SSSR count). The molecule has 0 aliphatic carbocycles. The second-order valence-electron chi connectivity index (χ2n) is 6.59. The average molecular weight is 295 g/mol. The minimum atomic E-state index is 0.899. The van der Waals surface area contributed by atoms with E-state index in [2.05, 4.69) is 15.2 Å².